The van der Waals surface area contributed by atoms with Crippen molar-refractivity contribution in [1.82, 2.24) is 10.3 Å². The average Bonchev–Trinajstić information content (AvgIpc) is 2.63. The number of nitrogens with zero attached hydrogens (tertiary/aromatic N) is 1. The number of ether oxygens (including phenoxy) is 1. The van der Waals surface area contributed by atoms with Gasteiger partial charge in [0.15, 0.2) is 6.10 Å². The van der Waals surface area contributed by atoms with Crippen LogP contribution < -0.4 is 10.1 Å². The van der Waals surface area contributed by atoms with Gasteiger partial charge in [-0.3, -0.25) is 9.78 Å². The van der Waals surface area contributed by atoms with Crippen LogP contribution in [0, 0.1) is 0 Å². The van der Waals surface area contributed by atoms with Crippen molar-refractivity contribution in [3.8, 4) is 5.75 Å². The minimum Gasteiger partial charge on any atom is -0.479 e. The second kappa shape index (κ2) is 7.59. The highest BCUT2D eigenvalue weighted by atomic mass is 16.5. The Balaban J connectivity index is 1.57. The van der Waals surface area contributed by atoms with E-state index >= 15 is 0 Å². The Morgan fingerprint density at radius 1 is 1.08 bits per heavy atom. The van der Waals surface area contributed by atoms with Crippen molar-refractivity contribution in [2.75, 3.05) is 6.54 Å². The standard InChI is InChI=1S/C20H20N2O2/c1-15(20(23)22-14-12-16-7-3-2-4-8-16)24-18-11-5-9-17-10-6-13-21-19(17)18/h2-11,13,15H,12,14H2,1H3,(H,22,23). The lowest BCUT2D eigenvalue weighted by atomic mass is 10.1. The van der Waals surface area contributed by atoms with E-state index in [9.17, 15) is 4.79 Å². The number of amides is 1. The number of aromatic nitrogens is 1. The molecule has 0 aliphatic rings. The highest BCUT2D eigenvalue weighted by Crippen LogP contribution is 2.23. The Morgan fingerprint density at radius 3 is 2.71 bits per heavy atom. The molecule has 0 fully saturated rings. The fraction of sp³-hybridized carbons (Fsp3) is 0.200. The van der Waals surface area contributed by atoms with Crippen molar-refractivity contribution >= 4 is 16.8 Å². The van der Waals surface area contributed by atoms with Gasteiger partial charge in [-0.1, -0.05) is 48.5 Å². The van der Waals surface area contributed by atoms with Gasteiger partial charge in [0.1, 0.15) is 11.3 Å². The molecule has 4 nitrogen and oxygen atoms in total. The van der Waals surface area contributed by atoms with Gasteiger partial charge in [0, 0.05) is 18.1 Å². The van der Waals surface area contributed by atoms with Gasteiger partial charge < -0.3 is 10.1 Å². The van der Waals surface area contributed by atoms with E-state index in [0.29, 0.717) is 12.3 Å². The van der Waals surface area contributed by atoms with E-state index in [-0.39, 0.29) is 5.91 Å². The van der Waals surface area contributed by atoms with Gasteiger partial charge in [0.2, 0.25) is 0 Å². The third kappa shape index (κ3) is 3.90. The maximum Gasteiger partial charge on any atom is 0.260 e. The summed E-state index contributed by atoms with van der Waals surface area (Å²) in [5, 5.41) is 3.91. The van der Waals surface area contributed by atoms with Crippen molar-refractivity contribution in [2.45, 2.75) is 19.4 Å². The monoisotopic (exact) mass is 320 g/mol. The lowest BCUT2D eigenvalue weighted by molar-refractivity contribution is -0.127. The maximum absolute atomic E-state index is 12.2. The number of hydrogen-bond acceptors (Lipinski definition) is 3. The summed E-state index contributed by atoms with van der Waals surface area (Å²) >= 11 is 0. The molecule has 0 saturated carbocycles. The first-order valence-corrected chi connectivity index (χ1v) is 8.06. The molecular formula is C20H20N2O2. The van der Waals surface area contributed by atoms with E-state index in [4.69, 9.17) is 4.74 Å². The Bertz CT molecular complexity index is 813. The van der Waals surface area contributed by atoms with Crippen LogP contribution in [0.4, 0.5) is 0 Å². The summed E-state index contributed by atoms with van der Waals surface area (Å²) < 4.78 is 5.82. The number of carbonyl (C=O) groups excluding carboxylic acids is 1. The van der Waals surface area contributed by atoms with Gasteiger partial charge in [-0.2, -0.15) is 0 Å². The summed E-state index contributed by atoms with van der Waals surface area (Å²) in [7, 11) is 0. The van der Waals surface area contributed by atoms with Crippen molar-refractivity contribution in [3.05, 3.63) is 72.4 Å². The molecule has 0 aliphatic carbocycles. The van der Waals surface area contributed by atoms with Crippen LogP contribution in [0.5, 0.6) is 5.75 Å². The van der Waals surface area contributed by atoms with Gasteiger partial charge in [0.05, 0.1) is 0 Å². The molecular weight excluding hydrogens is 300 g/mol. The molecule has 0 saturated heterocycles. The molecule has 0 bridgehead atoms. The molecule has 4 heteroatoms. The second-order valence-electron chi connectivity index (χ2n) is 5.62. The zero-order valence-electron chi connectivity index (χ0n) is 13.6. The van der Waals surface area contributed by atoms with Crippen LogP contribution in [0.15, 0.2) is 66.9 Å². The van der Waals surface area contributed by atoms with E-state index in [0.717, 1.165) is 17.3 Å². The molecule has 1 atom stereocenters. The molecule has 1 N–H and O–H groups in total. The molecule has 1 amide bonds. The number of nitrogens with one attached hydrogen (secondary N) is 1. The SMILES string of the molecule is CC(Oc1cccc2cccnc12)C(=O)NCCc1ccccc1. The Labute approximate surface area is 141 Å². The van der Waals surface area contributed by atoms with E-state index in [1.165, 1.54) is 5.56 Å². The van der Waals surface area contributed by atoms with Crippen LogP contribution in [-0.2, 0) is 11.2 Å². The van der Waals surface area contributed by atoms with Crippen molar-refractivity contribution in [1.29, 1.82) is 0 Å². The van der Waals surface area contributed by atoms with E-state index in [2.05, 4.69) is 10.3 Å². The molecule has 1 heterocycles. The number of benzene rings is 2. The molecule has 1 aromatic heterocycles. The summed E-state index contributed by atoms with van der Waals surface area (Å²) in [5.74, 6) is 0.498. The van der Waals surface area contributed by atoms with Gasteiger partial charge in [-0.25, -0.2) is 0 Å². The first-order valence-electron chi connectivity index (χ1n) is 8.06. The summed E-state index contributed by atoms with van der Waals surface area (Å²) in [6, 6.07) is 19.6. The highest BCUT2D eigenvalue weighted by molar-refractivity contribution is 5.85. The molecule has 122 valence electrons. The molecule has 3 aromatic rings. The topological polar surface area (TPSA) is 51.2 Å². The number of hydrogen-bond donors (Lipinski definition) is 1. The van der Waals surface area contributed by atoms with Crippen LogP contribution in [0.2, 0.25) is 0 Å². The minimum absolute atomic E-state index is 0.126. The first kappa shape index (κ1) is 16.0. The normalized spacial score (nSPS) is 11.9. The molecule has 0 aliphatic heterocycles. The molecule has 24 heavy (non-hydrogen) atoms. The minimum atomic E-state index is -0.576. The molecule has 3 rings (SSSR count). The molecule has 0 spiro atoms. The van der Waals surface area contributed by atoms with Crippen LogP contribution in [0.3, 0.4) is 0 Å². The fourth-order valence-corrected chi connectivity index (χ4v) is 2.53. The predicted molar refractivity (Wildman–Crippen MR) is 95.0 cm³/mol. The van der Waals surface area contributed by atoms with Crippen LogP contribution in [-0.4, -0.2) is 23.5 Å². The van der Waals surface area contributed by atoms with Crippen molar-refractivity contribution < 1.29 is 9.53 Å². The Kier molecular flexibility index (Phi) is 5.06. The average molecular weight is 320 g/mol. The third-order valence-electron chi connectivity index (χ3n) is 3.82. The van der Waals surface area contributed by atoms with E-state index < -0.39 is 6.10 Å². The second-order valence-corrected chi connectivity index (χ2v) is 5.62. The number of carbonyl (C=O) groups is 1. The smallest absolute Gasteiger partial charge is 0.260 e. The Morgan fingerprint density at radius 2 is 1.88 bits per heavy atom. The summed E-state index contributed by atoms with van der Waals surface area (Å²) in [5.41, 5.74) is 1.97. The van der Waals surface area contributed by atoms with E-state index in [1.54, 1.807) is 13.1 Å². The van der Waals surface area contributed by atoms with Crippen LogP contribution in [0.25, 0.3) is 10.9 Å². The first-order chi connectivity index (χ1) is 11.7. The van der Waals surface area contributed by atoms with Crippen molar-refractivity contribution in [3.63, 3.8) is 0 Å². The number of pyridine rings is 1. The molecule has 1 unspecified atom stereocenters. The van der Waals surface area contributed by atoms with E-state index in [1.807, 2.05) is 60.7 Å². The number of fused-ring (bicyclic) bond motifs is 1. The maximum atomic E-state index is 12.2. The van der Waals surface area contributed by atoms with Gasteiger partial charge in [-0.05, 0) is 31.0 Å². The van der Waals surface area contributed by atoms with Gasteiger partial charge >= 0.3 is 0 Å². The zero-order valence-corrected chi connectivity index (χ0v) is 13.6. The fourth-order valence-electron chi connectivity index (χ4n) is 2.53. The third-order valence-corrected chi connectivity index (χ3v) is 3.82. The molecule has 2 aromatic carbocycles. The van der Waals surface area contributed by atoms with Crippen LogP contribution in [0.1, 0.15) is 12.5 Å². The summed E-state index contributed by atoms with van der Waals surface area (Å²) in [6.45, 7) is 2.34. The number of para-hydroxylation sites is 1. The zero-order chi connectivity index (χ0) is 16.8. The lowest BCUT2D eigenvalue weighted by Crippen LogP contribution is -2.37. The van der Waals surface area contributed by atoms with Crippen molar-refractivity contribution in [2.24, 2.45) is 0 Å². The lowest BCUT2D eigenvalue weighted by Gasteiger charge is -2.15. The molecule has 0 radical (unpaired) electrons. The van der Waals surface area contributed by atoms with Gasteiger partial charge in [-0.15, -0.1) is 0 Å². The summed E-state index contributed by atoms with van der Waals surface area (Å²) in [4.78, 5) is 16.6. The van der Waals surface area contributed by atoms with Crippen LogP contribution >= 0.6 is 0 Å². The predicted octanol–water partition coefficient (Wildman–Crippen LogP) is 3.36. The Hall–Kier alpha value is -2.88. The largest absolute Gasteiger partial charge is 0.479 e. The highest BCUT2D eigenvalue weighted by Gasteiger charge is 2.15. The summed E-state index contributed by atoms with van der Waals surface area (Å²) in [6.07, 6.45) is 1.95. The van der Waals surface area contributed by atoms with Gasteiger partial charge in [0.25, 0.3) is 5.91 Å². The quantitative estimate of drug-likeness (QED) is 0.757. The number of rotatable bonds is 6.